The molecule has 174 valence electrons. The average Bonchev–Trinajstić information content (AvgIpc) is 2.92. The van der Waals surface area contributed by atoms with E-state index in [1.165, 1.54) is 4.90 Å². The van der Waals surface area contributed by atoms with Crippen LogP contribution in [-0.2, 0) is 9.59 Å². The molecule has 0 aliphatic carbocycles. The number of urea groups is 1. The molecule has 1 atom stereocenters. The van der Waals surface area contributed by atoms with Crippen LogP contribution in [0.3, 0.4) is 0 Å². The first-order chi connectivity index (χ1) is 16.4. The minimum absolute atomic E-state index is 0.337. The van der Waals surface area contributed by atoms with Crippen molar-refractivity contribution >= 4 is 40.6 Å². The van der Waals surface area contributed by atoms with E-state index in [1.807, 2.05) is 42.5 Å². The van der Waals surface area contributed by atoms with Gasteiger partial charge in [0.2, 0.25) is 0 Å². The average molecular weight is 457 g/mol. The van der Waals surface area contributed by atoms with Crippen molar-refractivity contribution in [1.29, 1.82) is 0 Å². The van der Waals surface area contributed by atoms with Crippen LogP contribution in [-0.4, -0.2) is 30.4 Å². The van der Waals surface area contributed by atoms with Gasteiger partial charge in [-0.15, -0.1) is 0 Å². The number of primary amides is 1. The summed E-state index contributed by atoms with van der Waals surface area (Å²) in [6, 6.07) is 22.7. The van der Waals surface area contributed by atoms with E-state index in [4.69, 9.17) is 5.73 Å². The molecule has 1 aliphatic heterocycles. The third kappa shape index (κ3) is 4.37. The maximum Gasteiger partial charge on any atom is 0.320 e. The minimum Gasteiger partial charge on any atom is -0.351 e. The van der Waals surface area contributed by atoms with E-state index in [-0.39, 0.29) is 0 Å². The van der Waals surface area contributed by atoms with Crippen molar-refractivity contribution in [3.8, 4) is 0 Å². The fourth-order valence-electron chi connectivity index (χ4n) is 4.17. The van der Waals surface area contributed by atoms with E-state index >= 15 is 0 Å². The Morgan fingerprint density at radius 3 is 2.00 bits per heavy atom. The van der Waals surface area contributed by atoms with Gasteiger partial charge in [-0.05, 0) is 48.7 Å². The summed E-state index contributed by atoms with van der Waals surface area (Å²) in [6.45, 7) is 4.56. The van der Waals surface area contributed by atoms with Crippen LogP contribution in [0.25, 0.3) is 0 Å². The van der Waals surface area contributed by atoms with Gasteiger partial charge in [-0.3, -0.25) is 19.4 Å². The molecule has 0 saturated carbocycles. The van der Waals surface area contributed by atoms with Gasteiger partial charge in [0.15, 0.2) is 6.04 Å². The highest BCUT2D eigenvalue weighted by Crippen LogP contribution is 2.39. The van der Waals surface area contributed by atoms with Crippen LogP contribution in [0.2, 0.25) is 0 Å². The second-order valence-electron chi connectivity index (χ2n) is 8.62. The van der Waals surface area contributed by atoms with E-state index in [0.717, 1.165) is 11.3 Å². The number of nitrogens with zero attached hydrogens (tertiary/aromatic N) is 3. The Morgan fingerprint density at radius 2 is 1.41 bits per heavy atom. The summed E-state index contributed by atoms with van der Waals surface area (Å²) in [5.74, 6) is -0.693. The van der Waals surface area contributed by atoms with Gasteiger partial charge in [0.25, 0.3) is 11.8 Å². The van der Waals surface area contributed by atoms with E-state index in [9.17, 15) is 14.4 Å². The predicted molar refractivity (Wildman–Crippen MR) is 134 cm³/mol. The zero-order valence-electron chi connectivity index (χ0n) is 19.3. The number of carbonyl (C=O) groups excluding carboxylic acids is 3. The highest BCUT2D eigenvalue weighted by molar-refractivity contribution is 6.26. The standard InChI is InChI=1S/C27H28N4O3/c1-19(2)17-18-29-22-15-9-10-16-23(22)30(20-11-5-3-6-12-20)26(33)24(25(29)32)31(27(28)34)21-13-7-4-8-14-21/h3-16,19,24H,17-18H2,1-2H3,(H2,28,34). The highest BCUT2D eigenvalue weighted by Gasteiger charge is 2.45. The molecule has 0 spiro atoms. The topological polar surface area (TPSA) is 87.0 Å². The largest absolute Gasteiger partial charge is 0.351 e. The first kappa shape index (κ1) is 23.0. The Kier molecular flexibility index (Phi) is 6.63. The van der Waals surface area contributed by atoms with Crippen LogP contribution in [0.5, 0.6) is 0 Å². The Labute approximate surface area is 199 Å². The lowest BCUT2D eigenvalue weighted by Crippen LogP contribution is -2.58. The first-order valence-electron chi connectivity index (χ1n) is 11.3. The number of benzene rings is 3. The number of hydrogen-bond acceptors (Lipinski definition) is 3. The monoisotopic (exact) mass is 456 g/mol. The zero-order valence-corrected chi connectivity index (χ0v) is 19.3. The number of rotatable bonds is 6. The Bertz CT molecular complexity index is 1180. The van der Waals surface area contributed by atoms with Gasteiger partial charge in [0.05, 0.1) is 11.4 Å². The molecule has 1 heterocycles. The van der Waals surface area contributed by atoms with Gasteiger partial charge < -0.3 is 10.6 Å². The van der Waals surface area contributed by atoms with Gasteiger partial charge in [-0.1, -0.05) is 62.4 Å². The van der Waals surface area contributed by atoms with Crippen molar-refractivity contribution < 1.29 is 14.4 Å². The second-order valence-corrected chi connectivity index (χ2v) is 8.62. The summed E-state index contributed by atoms with van der Waals surface area (Å²) in [5.41, 5.74) is 7.95. The molecule has 0 fully saturated rings. The van der Waals surface area contributed by atoms with Gasteiger partial charge in [0, 0.05) is 17.9 Å². The number of para-hydroxylation sites is 4. The summed E-state index contributed by atoms with van der Waals surface area (Å²) in [7, 11) is 0. The summed E-state index contributed by atoms with van der Waals surface area (Å²) in [5, 5.41) is 0. The van der Waals surface area contributed by atoms with Crippen LogP contribution in [0.15, 0.2) is 84.9 Å². The number of anilines is 4. The van der Waals surface area contributed by atoms with Crippen molar-refractivity contribution in [3.05, 3.63) is 84.9 Å². The first-order valence-corrected chi connectivity index (χ1v) is 11.3. The molecule has 7 nitrogen and oxygen atoms in total. The maximum absolute atomic E-state index is 14.2. The van der Waals surface area contributed by atoms with Crippen LogP contribution in [0, 0.1) is 5.92 Å². The third-order valence-corrected chi connectivity index (χ3v) is 5.84. The molecule has 7 heteroatoms. The fourth-order valence-corrected chi connectivity index (χ4v) is 4.17. The van der Waals surface area contributed by atoms with E-state index < -0.39 is 23.9 Å². The maximum atomic E-state index is 14.2. The number of carbonyl (C=O) groups is 3. The van der Waals surface area contributed by atoms with Gasteiger partial charge >= 0.3 is 6.03 Å². The normalized spacial score (nSPS) is 15.8. The molecule has 0 saturated heterocycles. The third-order valence-electron chi connectivity index (χ3n) is 5.84. The summed E-state index contributed by atoms with van der Waals surface area (Å²) in [6.07, 6.45) is 0.730. The quantitative estimate of drug-likeness (QED) is 0.546. The van der Waals surface area contributed by atoms with Crippen LogP contribution in [0.4, 0.5) is 27.5 Å². The molecule has 1 unspecified atom stereocenters. The number of hydrogen-bond donors (Lipinski definition) is 1. The zero-order chi connectivity index (χ0) is 24.2. The summed E-state index contributed by atoms with van der Waals surface area (Å²) < 4.78 is 0. The van der Waals surface area contributed by atoms with E-state index in [1.54, 1.807) is 47.4 Å². The molecule has 0 radical (unpaired) electrons. The molecule has 0 bridgehead atoms. The molecule has 3 aromatic carbocycles. The molecule has 34 heavy (non-hydrogen) atoms. The molecule has 0 aromatic heterocycles. The highest BCUT2D eigenvalue weighted by atomic mass is 16.2. The van der Waals surface area contributed by atoms with Gasteiger partial charge in [0.1, 0.15) is 0 Å². The smallest absolute Gasteiger partial charge is 0.320 e. The predicted octanol–water partition coefficient (Wildman–Crippen LogP) is 4.70. The van der Waals surface area contributed by atoms with Crippen molar-refractivity contribution in [2.75, 3.05) is 21.2 Å². The van der Waals surface area contributed by atoms with Crippen LogP contribution in [0.1, 0.15) is 20.3 Å². The Morgan fingerprint density at radius 1 is 0.853 bits per heavy atom. The summed E-state index contributed by atoms with van der Waals surface area (Å²) in [4.78, 5) is 45.1. The van der Waals surface area contributed by atoms with E-state index in [2.05, 4.69) is 13.8 Å². The molecular formula is C27H28N4O3. The minimum atomic E-state index is -1.46. The fraction of sp³-hybridized carbons (Fsp3) is 0.222. The second kappa shape index (κ2) is 9.79. The van der Waals surface area contributed by atoms with Crippen molar-refractivity contribution in [3.63, 3.8) is 0 Å². The molecule has 2 N–H and O–H groups in total. The lowest BCUT2D eigenvalue weighted by Gasteiger charge is -2.32. The summed E-state index contributed by atoms with van der Waals surface area (Å²) >= 11 is 0. The molecule has 4 amide bonds. The number of fused-ring (bicyclic) bond motifs is 1. The molecule has 3 aromatic rings. The van der Waals surface area contributed by atoms with Crippen LogP contribution >= 0.6 is 0 Å². The molecule has 4 rings (SSSR count). The van der Waals surface area contributed by atoms with Crippen molar-refractivity contribution in [2.45, 2.75) is 26.3 Å². The number of amides is 4. The van der Waals surface area contributed by atoms with Crippen molar-refractivity contribution in [1.82, 2.24) is 0 Å². The Hall–Kier alpha value is -4.13. The Balaban J connectivity index is 1.94. The van der Waals surface area contributed by atoms with Crippen LogP contribution < -0.4 is 20.4 Å². The lowest BCUT2D eigenvalue weighted by atomic mass is 10.1. The van der Waals surface area contributed by atoms with Crippen molar-refractivity contribution in [2.24, 2.45) is 11.7 Å². The SMILES string of the molecule is CC(C)CCN1C(=O)C(N(C(N)=O)c2ccccc2)C(=O)N(c2ccccc2)c2ccccc21. The molecular weight excluding hydrogens is 428 g/mol. The lowest BCUT2D eigenvalue weighted by molar-refractivity contribution is -0.127. The van der Waals surface area contributed by atoms with E-state index in [0.29, 0.717) is 35.2 Å². The number of nitrogens with two attached hydrogens (primary N) is 1. The molecule has 1 aliphatic rings. The van der Waals surface area contributed by atoms with Gasteiger partial charge in [-0.2, -0.15) is 0 Å². The van der Waals surface area contributed by atoms with Gasteiger partial charge in [-0.25, -0.2) is 4.79 Å².